The summed E-state index contributed by atoms with van der Waals surface area (Å²) in [5.41, 5.74) is 1.80. The average Bonchev–Trinajstić information content (AvgIpc) is 3.53. The standard InChI is InChI=1S/C21H24ClN7O2/c1-13-10-27(21(30)31)7-8-28(13)19-18-16(26(2)15-3-4-15)11-29(20(18)25-12-24-19)17-9-14(22)5-6-23-17/h5-6,9,11-13,15H,3-4,7-8,10H2,1-2H3,(H,30,31)/t13-/m0/s1. The van der Waals surface area contributed by atoms with Gasteiger partial charge in [-0.1, -0.05) is 11.6 Å². The van der Waals surface area contributed by atoms with E-state index in [0.29, 0.717) is 36.5 Å². The molecule has 3 aromatic heterocycles. The van der Waals surface area contributed by atoms with Crippen LogP contribution in [0.4, 0.5) is 16.3 Å². The van der Waals surface area contributed by atoms with Crippen molar-refractivity contribution in [3.05, 3.63) is 35.9 Å². The molecule has 1 amide bonds. The molecular weight excluding hydrogens is 418 g/mol. The van der Waals surface area contributed by atoms with Gasteiger partial charge < -0.3 is 19.8 Å². The second-order valence-electron chi connectivity index (χ2n) is 8.23. The minimum absolute atomic E-state index is 0.00493. The average molecular weight is 442 g/mol. The van der Waals surface area contributed by atoms with Gasteiger partial charge in [0.1, 0.15) is 18.0 Å². The van der Waals surface area contributed by atoms with Crippen LogP contribution in [0.3, 0.4) is 0 Å². The Morgan fingerprint density at radius 2 is 2.06 bits per heavy atom. The fourth-order valence-corrected chi connectivity index (χ4v) is 4.47. The van der Waals surface area contributed by atoms with Crippen LogP contribution in [-0.4, -0.2) is 74.4 Å². The summed E-state index contributed by atoms with van der Waals surface area (Å²) in [5.74, 6) is 1.52. The van der Waals surface area contributed by atoms with Crippen molar-refractivity contribution in [2.24, 2.45) is 0 Å². The number of rotatable bonds is 4. The van der Waals surface area contributed by atoms with Gasteiger partial charge in [-0.3, -0.25) is 4.57 Å². The van der Waals surface area contributed by atoms with Crippen molar-refractivity contribution in [3.8, 4) is 5.82 Å². The van der Waals surface area contributed by atoms with Crippen LogP contribution in [0.2, 0.25) is 5.02 Å². The van der Waals surface area contributed by atoms with E-state index in [1.807, 2.05) is 17.6 Å². The van der Waals surface area contributed by atoms with Crippen molar-refractivity contribution in [2.45, 2.75) is 31.8 Å². The van der Waals surface area contributed by atoms with E-state index >= 15 is 0 Å². The number of hydrogen-bond acceptors (Lipinski definition) is 6. The summed E-state index contributed by atoms with van der Waals surface area (Å²) in [7, 11) is 2.10. The van der Waals surface area contributed by atoms with Crippen LogP contribution in [-0.2, 0) is 0 Å². The molecule has 4 heterocycles. The van der Waals surface area contributed by atoms with Crippen LogP contribution in [0.5, 0.6) is 0 Å². The molecule has 1 saturated carbocycles. The highest BCUT2D eigenvalue weighted by Crippen LogP contribution is 2.40. The zero-order chi connectivity index (χ0) is 21.7. The predicted octanol–water partition coefficient (Wildman–Crippen LogP) is 3.26. The van der Waals surface area contributed by atoms with Gasteiger partial charge >= 0.3 is 6.09 Å². The van der Waals surface area contributed by atoms with Gasteiger partial charge in [0.05, 0.1) is 11.1 Å². The lowest BCUT2D eigenvalue weighted by Gasteiger charge is -2.39. The van der Waals surface area contributed by atoms with Gasteiger partial charge in [-0.25, -0.2) is 19.7 Å². The van der Waals surface area contributed by atoms with Crippen LogP contribution in [0.1, 0.15) is 19.8 Å². The lowest BCUT2D eigenvalue weighted by molar-refractivity contribution is 0.136. The minimum atomic E-state index is -0.883. The molecule has 31 heavy (non-hydrogen) atoms. The first kappa shape index (κ1) is 19.9. The first-order valence-electron chi connectivity index (χ1n) is 10.4. The SMILES string of the molecule is C[C@H]1CN(C(=O)O)CCN1c1ncnc2c1c(N(C)C1CC1)cn2-c1cc(Cl)ccn1. The van der Waals surface area contributed by atoms with Gasteiger partial charge in [0.15, 0.2) is 5.65 Å². The van der Waals surface area contributed by atoms with E-state index in [2.05, 4.69) is 38.0 Å². The summed E-state index contributed by atoms with van der Waals surface area (Å²) in [5, 5.41) is 10.9. The third-order valence-corrected chi connectivity index (χ3v) is 6.38. The summed E-state index contributed by atoms with van der Waals surface area (Å²) >= 11 is 6.23. The number of hydrogen-bond donors (Lipinski definition) is 1. The van der Waals surface area contributed by atoms with Crippen LogP contribution in [0.25, 0.3) is 16.9 Å². The normalized spacial score (nSPS) is 19.1. The Morgan fingerprint density at radius 1 is 1.26 bits per heavy atom. The summed E-state index contributed by atoms with van der Waals surface area (Å²) in [6, 6.07) is 4.06. The maximum atomic E-state index is 11.4. The van der Waals surface area contributed by atoms with Crippen LogP contribution in [0, 0.1) is 0 Å². The minimum Gasteiger partial charge on any atom is -0.465 e. The Morgan fingerprint density at radius 3 is 2.74 bits per heavy atom. The Hall–Kier alpha value is -3.07. The number of piperazine rings is 1. The molecule has 0 aromatic carbocycles. The van der Waals surface area contributed by atoms with E-state index in [4.69, 9.17) is 11.6 Å². The van der Waals surface area contributed by atoms with Crippen LogP contribution in [0.15, 0.2) is 30.9 Å². The van der Waals surface area contributed by atoms with E-state index in [1.165, 1.54) is 4.90 Å². The van der Waals surface area contributed by atoms with E-state index in [1.54, 1.807) is 18.6 Å². The number of carboxylic acid groups (broad SMARTS) is 1. The zero-order valence-corrected chi connectivity index (χ0v) is 18.2. The first-order chi connectivity index (χ1) is 14.9. The number of carbonyl (C=O) groups is 1. The first-order valence-corrected chi connectivity index (χ1v) is 10.8. The maximum Gasteiger partial charge on any atom is 0.407 e. The molecular formula is C21H24ClN7O2. The van der Waals surface area contributed by atoms with Gasteiger partial charge in [-0.05, 0) is 25.8 Å². The van der Waals surface area contributed by atoms with E-state index in [-0.39, 0.29) is 6.04 Å². The maximum absolute atomic E-state index is 11.4. The molecule has 162 valence electrons. The number of amides is 1. The quantitative estimate of drug-likeness (QED) is 0.664. The lowest BCUT2D eigenvalue weighted by atomic mass is 10.1. The number of anilines is 2. The van der Waals surface area contributed by atoms with E-state index in [9.17, 15) is 9.90 Å². The number of halogens is 1. The van der Waals surface area contributed by atoms with Gasteiger partial charge in [-0.2, -0.15) is 0 Å². The van der Waals surface area contributed by atoms with Crippen molar-refractivity contribution in [3.63, 3.8) is 0 Å². The molecule has 0 bridgehead atoms. The fourth-order valence-electron chi connectivity index (χ4n) is 4.32. The molecule has 1 N–H and O–H groups in total. The number of nitrogens with zero attached hydrogens (tertiary/aromatic N) is 7. The third kappa shape index (κ3) is 3.52. The van der Waals surface area contributed by atoms with Crippen LogP contribution >= 0.6 is 11.6 Å². The molecule has 2 fully saturated rings. The molecule has 1 aliphatic carbocycles. The Balaban J connectivity index is 1.65. The molecule has 0 radical (unpaired) electrons. The van der Waals surface area contributed by atoms with Crippen molar-refractivity contribution in [2.75, 3.05) is 36.5 Å². The number of pyridine rings is 1. The lowest BCUT2D eigenvalue weighted by Crippen LogP contribution is -2.53. The van der Waals surface area contributed by atoms with Crippen molar-refractivity contribution in [1.29, 1.82) is 0 Å². The van der Waals surface area contributed by atoms with Gasteiger partial charge in [-0.15, -0.1) is 0 Å². The summed E-state index contributed by atoms with van der Waals surface area (Å²) in [6.45, 7) is 3.48. The molecule has 5 rings (SSSR count). The van der Waals surface area contributed by atoms with Gasteiger partial charge in [0.2, 0.25) is 0 Å². The topological polar surface area (TPSA) is 90.6 Å². The van der Waals surface area contributed by atoms with E-state index in [0.717, 1.165) is 35.4 Å². The van der Waals surface area contributed by atoms with Gasteiger partial charge in [0, 0.05) is 62.2 Å². The summed E-state index contributed by atoms with van der Waals surface area (Å²) in [6.07, 6.45) is 6.74. The molecule has 9 nitrogen and oxygen atoms in total. The smallest absolute Gasteiger partial charge is 0.407 e. The zero-order valence-electron chi connectivity index (χ0n) is 17.4. The Bertz CT molecular complexity index is 1150. The Labute approximate surface area is 184 Å². The molecule has 1 aliphatic heterocycles. The highest BCUT2D eigenvalue weighted by atomic mass is 35.5. The number of aromatic nitrogens is 4. The largest absolute Gasteiger partial charge is 0.465 e. The fraction of sp³-hybridized carbons (Fsp3) is 0.429. The second-order valence-corrected chi connectivity index (χ2v) is 8.66. The Kier molecular flexibility index (Phi) is 4.85. The van der Waals surface area contributed by atoms with Crippen molar-refractivity contribution < 1.29 is 9.90 Å². The second kappa shape index (κ2) is 7.56. The molecule has 1 atom stereocenters. The molecule has 3 aromatic rings. The predicted molar refractivity (Wildman–Crippen MR) is 120 cm³/mol. The highest BCUT2D eigenvalue weighted by Gasteiger charge is 2.33. The molecule has 1 saturated heterocycles. The monoisotopic (exact) mass is 441 g/mol. The summed E-state index contributed by atoms with van der Waals surface area (Å²) < 4.78 is 1.96. The third-order valence-electron chi connectivity index (χ3n) is 6.14. The highest BCUT2D eigenvalue weighted by molar-refractivity contribution is 6.30. The molecule has 0 spiro atoms. The van der Waals surface area contributed by atoms with E-state index < -0.39 is 6.09 Å². The van der Waals surface area contributed by atoms with Crippen molar-refractivity contribution >= 4 is 40.2 Å². The van der Waals surface area contributed by atoms with Crippen LogP contribution < -0.4 is 9.80 Å². The molecule has 10 heteroatoms. The summed E-state index contributed by atoms with van der Waals surface area (Å²) in [4.78, 5) is 31.1. The molecule has 2 aliphatic rings. The van der Waals surface area contributed by atoms with Crippen molar-refractivity contribution in [1.82, 2.24) is 24.4 Å². The van der Waals surface area contributed by atoms with Gasteiger partial charge in [0.25, 0.3) is 0 Å². The number of fused-ring (bicyclic) bond motifs is 1. The molecule has 0 unspecified atom stereocenters.